The molecule has 0 bridgehead atoms. The van der Waals surface area contributed by atoms with Crippen LogP contribution in [0.4, 0.5) is 4.39 Å². The van der Waals surface area contributed by atoms with E-state index in [9.17, 15) is 9.18 Å². The number of carbonyl (C=O) groups is 1. The minimum absolute atomic E-state index is 0.0173. The Morgan fingerprint density at radius 3 is 2.81 bits per heavy atom. The Balaban J connectivity index is 2.43. The number of benzene rings is 1. The van der Waals surface area contributed by atoms with E-state index in [0.717, 1.165) is 0 Å². The molecule has 0 amide bonds. The van der Waals surface area contributed by atoms with E-state index in [0.29, 0.717) is 16.3 Å². The molecule has 5 nitrogen and oxygen atoms in total. The number of nitrogens with zero attached hydrogens (tertiary/aromatic N) is 3. The molecule has 112 valence electrons. The lowest BCUT2D eigenvalue weighted by atomic mass is 10.1. The van der Waals surface area contributed by atoms with Crippen molar-refractivity contribution in [3.05, 3.63) is 46.0 Å². The van der Waals surface area contributed by atoms with Gasteiger partial charge in [-0.3, -0.25) is 0 Å². The highest BCUT2D eigenvalue weighted by Crippen LogP contribution is 2.21. The molecule has 0 saturated carbocycles. The second-order valence-electron chi connectivity index (χ2n) is 4.86. The van der Waals surface area contributed by atoms with Gasteiger partial charge in [0.15, 0.2) is 5.69 Å². The molecule has 21 heavy (non-hydrogen) atoms. The standard InChI is InChI=1S/C14H15ClFN3O2/c1-8(2)13-12(14(20)21-3)17-18-19(13)7-9-6-10(15)4-5-11(9)16/h4-6,8H,7H2,1-3H3. The SMILES string of the molecule is COC(=O)c1nnn(Cc2cc(Cl)ccc2F)c1C(C)C. The number of esters is 1. The third-order valence-electron chi connectivity index (χ3n) is 3.03. The van der Waals surface area contributed by atoms with Crippen LogP contribution < -0.4 is 0 Å². The predicted molar refractivity (Wildman–Crippen MR) is 76.0 cm³/mol. The van der Waals surface area contributed by atoms with Gasteiger partial charge in [-0.2, -0.15) is 0 Å². The first-order valence-electron chi connectivity index (χ1n) is 6.39. The molecule has 0 aliphatic rings. The van der Waals surface area contributed by atoms with Gasteiger partial charge in [0.1, 0.15) is 5.82 Å². The lowest BCUT2D eigenvalue weighted by Gasteiger charge is -2.11. The maximum absolute atomic E-state index is 13.8. The van der Waals surface area contributed by atoms with Crippen LogP contribution in [0, 0.1) is 5.82 Å². The molecule has 0 N–H and O–H groups in total. The lowest BCUT2D eigenvalue weighted by Crippen LogP contribution is -2.12. The summed E-state index contributed by atoms with van der Waals surface area (Å²) in [4.78, 5) is 11.7. The number of methoxy groups -OCH3 is 1. The minimum Gasteiger partial charge on any atom is -0.464 e. The van der Waals surface area contributed by atoms with E-state index in [1.54, 1.807) is 0 Å². The number of rotatable bonds is 4. The van der Waals surface area contributed by atoms with Crippen LogP contribution in [0.15, 0.2) is 18.2 Å². The largest absolute Gasteiger partial charge is 0.464 e. The summed E-state index contributed by atoms with van der Waals surface area (Å²) in [7, 11) is 1.28. The van der Waals surface area contributed by atoms with Crippen molar-refractivity contribution in [2.24, 2.45) is 0 Å². The van der Waals surface area contributed by atoms with Crippen molar-refractivity contribution in [2.45, 2.75) is 26.3 Å². The van der Waals surface area contributed by atoms with Crippen LogP contribution in [0.5, 0.6) is 0 Å². The maximum atomic E-state index is 13.8. The van der Waals surface area contributed by atoms with Crippen molar-refractivity contribution >= 4 is 17.6 Å². The molecule has 0 atom stereocenters. The second kappa shape index (κ2) is 6.22. The Hall–Kier alpha value is -1.95. The molecule has 0 saturated heterocycles. The van der Waals surface area contributed by atoms with Gasteiger partial charge >= 0.3 is 5.97 Å². The third kappa shape index (κ3) is 3.21. The lowest BCUT2D eigenvalue weighted by molar-refractivity contribution is 0.0592. The fourth-order valence-electron chi connectivity index (χ4n) is 2.08. The van der Waals surface area contributed by atoms with Gasteiger partial charge in [-0.05, 0) is 24.1 Å². The number of ether oxygens (including phenoxy) is 1. The fraction of sp³-hybridized carbons (Fsp3) is 0.357. The molecule has 2 aromatic rings. The number of aromatic nitrogens is 3. The van der Waals surface area contributed by atoms with Gasteiger partial charge in [0, 0.05) is 10.6 Å². The van der Waals surface area contributed by atoms with Gasteiger partial charge < -0.3 is 4.74 Å². The molecule has 1 heterocycles. The summed E-state index contributed by atoms with van der Waals surface area (Å²) in [6.45, 7) is 3.94. The number of halogens is 2. The molecular formula is C14H15ClFN3O2. The van der Waals surface area contributed by atoms with E-state index in [1.165, 1.54) is 30.0 Å². The number of carbonyl (C=O) groups excluding carboxylic acids is 1. The minimum atomic E-state index is -0.559. The first kappa shape index (κ1) is 15.4. The molecular weight excluding hydrogens is 297 g/mol. The normalized spacial score (nSPS) is 11.0. The average Bonchev–Trinajstić information content (AvgIpc) is 2.86. The summed E-state index contributed by atoms with van der Waals surface area (Å²) in [5.74, 6) is -0.961. The maximum Gasteiger partial charge on any atom is 0.360 e. The van der Waals surface area contributed by atoms with Gasteiger partial charge in [-0.15, -0.1) is 5.10 Å². The van der Waals surface area contributed by atoms with Gasteiger partial charge in [0.25, 0.3) is 0 Å². The van der Waals surface area contributed by atoms with Crippen LogP contribution in [0.2, 0.25) is 5.02 Å². The van der Waals surface area contributed by atoms with Crippen molar-refractivity contribution in [3.63, 3.8) is 0 Å². The molecule has 2 rings (SSSR count). The summed E-state index contributed by atoms with van der Waals surface area (Å²) in [6, 6.07) is 4.30. The van der Waals surface area contributed by atoms with Gasteiger partial charge in [0.05, 0.1) is 19.3 Å². The topological polar surface area (TPSA) is 57.0 Å². The van der Waals surface area contributed by atoms with Gasteiger partial charge in [-0.1, -0.05) is 30.7 Å². The van der Waals surface area contributed by atoms with E-state index < -0.39 is 5.97 Å². The monoisotopic (exact) mass is 311 g/mol. The summed E-state index contributed by atoms with van der Waals surface area (Å²) >= 11 is 5.88. The Morgan fingerprint density at radius 1 is 1.48 bits per heavy atom. The van der Waals surface area contributed by atoms with Crippen molar-refractivity contribution in [1.29, 1.82) is 0 Å². The molecule has 0 fully saturated rings. The van der Waals surface area contributed by atoms with Crippen molar-refractivity contribution in [2.75, 3.05) is 7.11 Å². The Labute approximate surface area is 126 Å². The Kier molecular flexibility index (Phi) is 4.57. The quantitative estimate of drug-likeness (QED) is 0.814. The zero-order valence-electron chi connectivity index (χ0n) is 11.9. The highest BCUT2D eigenvalue weighted by atomic mass is 35.5. The second-order valence-corrected chi connectivity index (χ2v) is 5.30. The van der Waals surface area contributed by atoms with E-state index >= 15 is 0 Å². The van der Waals surface area contributed by atoms with E-state index in [2.05, 4.69) is 15.0 Å². The van der Waals surface area contributed by atoms with E-state index in [1.807, 2.05) is 13.8 Å². The van der Waals surface area contributed by atoms with Crippen molar-refractivity contribution in [1.82, 2.24) is 15.0 Å². The van der Waals surface area contributed by atoms with Crippen LogP contribution in [0.25, 0.3) is 0 Å². The summed E-state index contributed by atoms with van der Waals surface area (Å²) < 4.78 is 20.0. The number of hydrogen-bond acceptors (Lipinski definition) is 4. The molecule has 0 aliphatic carbocycles. The summed E-state index contributed by atoms with van der Waals surface area (Å²) in [5.41, 5.74) is 1.13. The molecule has 1 aromatic heterocycles. The smallest absolute Gasteiger partial charge is 0.360 e. The van der Waals surface area contributed by atoms with Crippen LogP contribution in [-0.2, 0) is 11.3 Å². The fourth-order valence-corrected chi connectivity index (χ4v) is 2.27. The van der Waals surface area contributed by atoms with E-state index in [4.69, 9.17) is 11.6 Å². The van der Waals surface area contributed by atoms with E-state index in [-0.39, 0.29) is 24.0 Å². The molecule has 0 spiro atoms. The summed E-state index contributed by atoms with van der Waals surface area (Å²) in [5, 5.41) is 8.20. The highest BCUT2D eigenvalue weighted by Gasteiger charge is 2.23. The Bertz CT molecular complexity index is 670. The van der Waals surface area contributed by atoms with Gasteiger partial charge in [0.2, 0.25) is 0 Å². The van der Waals surface area contributed by atoms with Crippen molar-refractivity contribution in [3.8, 4) is 0 Å². The Morgan fingerprint density at radius 2 is 2.19 bits per heavy atom. The van der Waals surface area contributed by atoms with Gasteiger partial charge in [-0.25, -0.2) is 13.9 Å². The average molecular weight is 312 g/mol. The molecule has 1 aromatic carbocycles. The molecule has 7 heteroatoms. The van der Waals surface area contributed by atoms with Crippen LogP contribution in [0.3, 0.4) is 0 Å². The van der Waals surface area contributed by atoms with Crippen LogP contribution >= 0.6 is 11.6 Å². The first-order chi connectivity index (χ1) is 9.93. The zero-order chi connectivity index (χ0) is 15.6. The number of hydrogen-bond donors (Lipinski definition) is 0. The third-order valence-corrected chi connectivity index (χ3v) is 3.26. The molecule has 0 radical (unpaired) electrons. The predicted octanol–water partition coefficient (Wildman–Crippen LogP) is 3.03. The zero-order valence-corrected chi connectivity index (χ0v) is 12.7. The molecule has 0 aliphatic heterocycles. The van der Waals surface area contributed by atoms with Crippen molar-refractivity contribution < 1.29 is 13.9 Å². The molecule has 0 unspecified atom stereocenters. The highest BCUT2D eigenvalue weighted by molar-refractivity contribution is 6.30. The first-order valence-corrected chi connectivity index (χ1v) is 6.77. The summed E-state index contributed by atoms with van der Waals surface area (Å²) in [6.07, 6.45) is 0. The van der Waals surface area contributed by atoms with Crippen LogP contribution in [-0.4, -0.2) is 28.1 Å². The van der Waals surface area contributed by atoms with Crippen LogP contribution in [0.1, 0.15) is 41.5 Å².